The number of rotatable bonds is 9. The first-order valence-electron chi connectivity index (χ1n) is 7.86. The van der Waals surface area contributed by atoms with Gasteiger partial charge in [-0.2, -0.15) is 0 Å². The van der Waals surface area contributed by atoms with Gasteiger partial charge in [0.25, 0.3) is 5.91 Å². The van der Waals surface area contributed by atoms with Crippen molar-refractivity contribution in [3.63, 3.8) is 0 Å². The molecule has 0 aliphatic heterocycles. The molecule has 1 rings (SSSR count). The van der Waals surface area contributed by atoms with Crippen molar-refractivity contribution in [1.29, 1.82) is 0 Å². The van der Waals surface area contributed by atoms with E-state index < -0.39 is 11.9 Å². The summed E-state index contributed by atoms with van der Waals surface area (Å²) in [7, 11) is 1.31. The zero-order valence-corrected chi connectivity index (χ0v) is 14.0. The molecular formula is C18H23NO5. The predicted octanol–water partition coefficient (Wildman–Crippen LogP) is 2.34. The van der Waals surface area contributed by atoms with Crippen LogP contribution in [0.25, 0.3) is 6.08 Å². The Morgan fingerprint density at radius 2 is 1.83 bits per heavy atom. The Hall–Kier alpha value is -2.63. The lowest BCUT2D eigenvalue weighted by molar-refractivity contribution is -0.143. The summed E-state index contributed by atoms with van der Waals surface area (Å²) in [6, 6.07) is 6.55. The third-order valence-corrected chi connectivity index (χ3v) is 3.19. The maximum absolute atomic E-state index is 11.6. The fraction of sp³-hybridized carbons (Fsp3) is 0.389. The fourth-order valence-electron chi connectivity index (χ4n) is 1.85. The first-order valence-corrected chi connectivity index (χ1v) is 7.86. The Kier molecular flexibility index (Phi) is 8.89. The minimum absolute atomic E-state index is 0.295. The minimum Gasteiger partial charge on any atom is -0.465 e. The lowest BCUT2D eigenvalue weighted by atomic mass is 10.1. The number of amides is 1. The van der Waals surface area contributed by atoms with E-state index in [1.54, 1.807) is 30.3 Å². The van der Waals surface area contributed by atoms with Gasteiger partial charge in [0.15, 0.2) is 6.61 Å². The summed E-state index contributed by atoms with van der Waals surface area (Å²) in [5.74, 6) is -1.33. The zero-order valence-electron chi connectivity index (χ0n) is 14.0. The molecule has 0 aliphatic rings. The Morgan fingerprint density at radius 3 is 2.46 bits per heavy atom. The van der Waals surface area contributed by atoms with E-state index in [9.17, 15) is 14.4 Å². The minimum atomic E-state index is -0.601. The lowest BCUT2D eigenvalue weighted by Gasteiger charge is -2.04. The van der Waals surface area contributed by atoms with Gasteiger partial charge in [-0.3, -0.25) is 4.79 Å². The van der Waals surface area contributed by atoms with Gasteiger partial charge in [0.2, 0.25) is 0 Å². The highest BCUT2D eigenvalue weighted by molar-refractivity contribution is 5.91. The second-order valence-corrected chi connectivity index (χ2v) is 5.11. The van der Waals surface area contributed by atoms with Crippen LogP contribution in [0.1, 0.15) is 42.1 Å². The molecule has 130 valence electrons. The van der Waals surface area contributed by atoms with E-state index in [2.05, 4.69) is 17.0 Å². The molecule has 0 aliphatic carbocycles. The third-order valence-electron chi connectivity index (χ3n) is 3.19. The number of carbonyl (C=O) groups is 3. The Labute approximate surface area is 141 Å². The van der Waals surface area contributed by atoms with Gasteiger partial charge < -0.3 is 14.8 Å². The summed E-state index contributed by atoms with van der Waals surface area (Å²) in [5.41, 5.74) is 1.15. The standard InChI is InChI=1S/C18H23NO5/c1-3-4-5-12-19-16(20)13-24-17(21)11-8-14-6-9-15(10-7-14)18(22)23-2/h6-11H,3-5,12-13H2,1-2H3,(H,19,20)/b11-8+. The van der Waals surface area contributed by atoms with Gasteiger partial charge in [0.05, 0.1) is 12.7 Å². The molecule has 0 saturated carbocycles. The average molecular weight is 333 g/mol. The van der Waals surface area contributed by atoms with E-state index in [-0.39, 0.29) is 12.5 Å². The SMILES string of the molecule is CCCCCNC(=O)COC(=O)/C=C/c1ccc(C(=O)OC)cc1. The zero-order chi connectivity index (χ0) is 17.8. The van der Waals surface area contributed by atoms with Gasteiger partial charge in [-0.05, 0) is 30.2 Å². The smallest absolute Gasteiger partial charge is 0.337 e. The summed E-state index contributed by atoms with van der Waals surface area (Å²) < 4.78 is 9.45. The van der Waals surface area contributed by atoms with E-state index in [0.29, 0.717) is 12.1 Å². The topological polar surface area (TPSA) is 81.7 Å². The number of methoxy groups -OCH3 is 1. The van der Waals surface area contributed by atoms with Crippen molar-refractivity contribution in [3.8, 4) is 0 Å². The highest BCUT2D eigenvalue weighted by atomic mass is 16.5. The maximum atomic E-state index is 11.6. The lowest BCUT2D eigenvalue weighted by Crippen LogP contribution is -2.29. The van der Waals surface area contributed by atoms with Crippen LogP contribution >= 0.6 is 0 Å². The average Bonchev–Trinajstić information content (AvgIpc) is 2.61. The molecule has 6 heteroatoms. The second-order valence-electron chi connectivity index (χ2n) is 5.11. The van der Waals surface area contributed by atoms with E-state index in [1.165, 1.54) is 13.2 Å². The Balaban J connectivity index is 2.35. The summed E-state index contributed by atoms with van der Waals surface area (Å²) in [6.07, 6.45) is 5.82. The first kappa shape index (κ1) is 19.4. The van der Waals surface area contributed by atoms with Crippen LogP contribution in [-0.2, 0) is 19.1 Å². The van der Waals surface area contributed by atoms with Crippen molar-refractivity contribution >= 4 is 23.9 Å². The normalized spacial score (nSPS) is 10.4. The molecule has 0 bridgehead atoms. The van der Waals surface area contributed by atoms with Gasteiger partial charge in [0.1, 0.15) is 0 Å². The van der Waals surface area contributed by atoms with Crippen LogP contribution in [0.4, 0.5) is 0 Å². The highest BCUT2D eigenvalue weighted by Gasteiger charge is 2.05. The summed E-state index contributed by atoms with van der Waals surface area (Å²) >= 11 is 0. The van der Waals surface area contributed by atoms with Crippen LogP contribution in [0.15, 0.2) is 30.3 Å². The molecule has 0 aromatic heterocycles. The molecular weight excluding hydrogens is 310 g/mol. The molecule has 0 spiro atoms. The molecule has 0 heterocycles. The number of unbranched alkanes of at least 4 members (excludes halogenated alkanes) is 2. The van der Waals surface area contributed by atoms with E-state index in [0.717, 1.165) is 24.8 Å². The van der Waals surface area contributed by atoms with Crippen LogP contribution in [0.2, 0.25) is 0 Å². The molecule has 1 aromatic rings. The van der Waals surface area contributed by atoms with Gasteiger partial charge in [-0.25, -0.2) is 9.59 Å². The summed E-state index contributed by atoms with van der Waals surface area (Å²) in [6.45, 7) is 2.38. The van der Waals surface area contributed by atoms with Crippen LogP contribution in [0, 0.1) is 0 Å². The molecule has 6 nitrogen and oxygen atoms in total. The molecule has 0 unspecified atom stereocenters. The quantitative estimate of drug-likeness (QED) is 0.426. The van der Waals surface area contributed by atoms with Crippen molar-refractivity contribution in [2.75, 3.05) is 20.3 Å². The number of ether oxygens (including phenoxy) is 2. The van der Waals surface area contributed by atoms with Crippen molar-refractivity contribution in [1.82, 2.24) is 5.32 Å². The molecule has 1 N–H and O–H groups in total. The number of benzene rings is 1. The number of hydrogen-bond acceptors (Lipinski definition) is 5. The maximum Gasteiger partial charge on any atom is 0.337 e. The molecule has 0 atom stereocenters. The van der Waals surface area contributed by atoms with Crippen molar-refractivity contribution in [2.24, 2.45) is 0 Å². The van der Waals surface area contributed by atoms with Crippen molar-refractivity contribution in [2.45, 2.75) is 26.2 Å². The van der Waals surface area contributed by atoms with Crippen LogP contribution in [0.5, 0.6) is 0 Å². The van der Waals surface area contributed by atoms with Gasteiger partial charge in [-0.15, -0.1) is 0 Å². The summed E-state index contributed by atoms with van der Waals surface area (Å²) in [4.78, 5) is 34.3. The second kappa shape index (κ2) is 11.0. The molecule has 0 fully saturated rings. The fourth-order valence-corrected chi connectivity index (χ4v) is 1.85. The molecule has 0 saturated heterocycles. The van der Waals surface area contributed by atoms with E-state index in [4.69, 9.17) is 4.74 Å². The van der Waals surface area contributed by atoms with Crippen molar-refractivity contribution < 1.29 is 23.9 Å². The van der Waals surface area contributed by atoms with E-state index in [1.807, 2.05) is 0 Å². The Bertz CT molecular complexity index is 578. The largest absolute Gasteiger partial charge is 0.465 e. The molecule has 1 amide bonds. The summed E-state index contributed by atoms with van der Waals surface area (Å²) in [5, 5.41) is 2.68. The number of esters is 2. The monoisotopic (exact) mass is 333 g/mol. The highest BCUT2D eigenvalue weighted by Crippen LogP contribution is 2.07. The first-order chi connectivity index (χ1) is 11.6. The predicted molar refractivity (Wildman–Crippen MR) is 90.3 cm³/mol. The van der Waals surface area contributed by atoms with Crippen LogP contribution in [-0.4, -0.2) is 38.1 Å². The van der Waals surface area contributed by atoms with Crippen molar-refractivity contribution in [3.05, 3.63) is 41.5 Å². The third kappa shape index (κ3) is 7.58. The molecule has 1 aromatic carbocycles. The van der Waals surface area contributed by atoms with Crippen LogP contribution in [0.3, 0.4) is 0 Å². The van der Waals surface area contributed by atoms with E-state index >= 15 is 0 Å². The molecule has 0 radical (unpaired) electrons. The number of hydrogen-bond donors (Lipinski definition) is 1. The molecule has 24 heavy (non-hydrogen) atoms. The van der Waals surface area contributed by atoms with Gasteiger partial charge in [-0.1, -0.05) is 31.9 Å². The number of carbonyl (C=O) groups excluding carboxylic acids is 3. The van der Waals surface area contributed by atoms with Gasteiger partial charge >= 0.3 is 11.9 Å². The number of nitrogens with one attached hydrogen (secondary N) is 1. The Morgan fingerprint density at radius 1 is 1.12 bits per heavy atom. The van der Waals surface area contributed by atoms with Crippen LogP contribution < -0.4 is 5.32 Å². The van der Waals surface area contributed by atoms with Gasteiger partial charge in [0, 0.05) is 12.6 Å².